The van der Waals surface area contributed by atoms with Gasteiger partial charge in [-0.2, -0.15) is 0 Å². The molecule has 0 aliphatic carbocycles. The van der Waals surface area contributed by atoms with Crippen LogP contribution in [0.25, 0.3) is 0 Å². The standard InChI is InChI=1S/C18H18N2O6S/c1-11(26-16(21)10-19-18(23)15-3-2-8-27-15)17(22)20-12-4-5-13-14(9-12)25-7-6-24-13/h2-5,8-9,11H,6-7,10H2,1H3,(H,19,23)(H,20,22). The van der Waals surface area contributed by atoms with Gasteiger partial charge in [0.05, 0.1) is 4.88 Å². The molecular formula is C18H18N2O6S. The summed E-state index contributed by atoms with van der Waals surface area (Å²) in [5.74, 6) is -0.412. The third-order valence-corrected chi connectivity index (χ3v) is 4.49. The number of carbonyl (C=O) groups is 3. The Morgan fingerprint density at radius 2 is 1.96 bits per heavy atom. The van der Waals surface area contributed by atoms with Crippen LogP contribution < -0.4 is 20.1 Å². The van der Waals surface area contributed by atoms with Crippen molar-refractivity contribution in [1.82, 2.24) is 5.32 Å². The quantitative estimate of drug-likeness (QED) is 0.730. The SMILES string of the molecule is CC(OC(=O)CNC(=O)c1cccs1)C(=O)Nc1ccc2c(c1)OCCO2. The number of esters is 1. The van der Waals surface area contributed by atoms with Gasteiger partial charge in [-0.1, -0.05) is 6.07 Å². The highest BCUT2D eigenvalue weighted by atomic mass is 32.1. The number of anilines is 1. The Balaban J connectivity index is 1.47. The van der Waals surface area contributed by atoms with Crippen LogP contribution >= 0.6 is 11.3 Å². The first-order chi connectivity index (χ1) is 13.0. The molecule has 1 aliphatic heterocycles. The number of hydrogen-bond donors (Lipinski definition) is 2. The van der Waals surface area contributed by atoms with E-state index in [0.717, 1.165) is 0 Å². The Kier molecular flexibility index (Phi) is 5.92. The summed E-state index contributed by atoms with van der Waals surface area (Å²) in [7, 11) is 0. The first kappa shape index (κ1) is 18.7. The van der Waals surface area contributed by atoms with Gasteiger partial charge in [0.25, 0.3) is 11.8 Å². The Morgan fingerprint density at radius 1 is 1.19 bits per heavy atom. The molecule has 1 atom stereocenters. The van der Waals surface area contributed by atoms with E-state index < -0.39 is 18.0 Å². The third-order valence-electron chi connectivity index (χ3n) is 3.63. The molecule has 2 heterocycles. The number of thiophene rings is 1. The largest absolute Gasteiger partial charge is 0.486 e. The molecule has 0 saturated heterocycles. The molecule has 0 spiro atoms. The second-order valence-electron chi connectivity index (χ2n) is 5.64. The number of ether oxygens (including phenoxy) is 3. The number of rotatable bonds is 6. The molecule has 8 nitrogen and oxygen atoms in total. The van der Waals surface area contributed by atoms with Crippen molar-refractivity contribution in [2.24, 2.45) is 0 Å². The fraction of sp³-hybridized carbons (Fsp3) is 0.278. The maximum Gasteiger partial charge on any atom is 0.326 e. The van der Waals surface area contributed by atoms with Gasteiger partial charge >= 0.3 is 5.97 Å². The van der Waals surface area contributed by atoms with E-state index in [1.807, 2.05) is 0 Å². The van der Waals surface area contributed by atoms with Crippen LogP contribution in [0.3, 0.4) is 0 Å². The van der Waals surface area contributed by atoms with E-state index in [4.69, 9.17) is 14.2 Å². The summed E-state index contributed by atoms with van der Waals surface area (Å²) in [4.78, 5) is 36.3. The van der Waals surface area contributed by atoms with Crippen LogP contribution in [0.2, 0.25) is 0 Å². The lowest BCUT2D eigenvalue weighted by Crippen LogP contribution is -2.35. The molecule has 142 valence electrons. The molecule has 1 aromatic carbocycles. The van der Waals surface area contributed by atoms with Crippen LogP contribution in [-0.4, -0.2) is 43.6 Å². The van der Waals surface area contributed by atoms with Crippen LogP contribution in [0.15, 0.2) is 35.7 Å². The Labute approximate surface area is 159 Å². The van der Waals surface area contributed by atoms with E-state index in [-0.39, 0.29) is 12.5 Å². The van der Waals surface area contributed by atoms with E-state index >= 15 is 0 Å². The van der Waals surface area contributed by atoms with Crippen molar-refractivity contribution in [1.29, 1.82) is 0 Å². The lowest BCUT2D eigenvalue weighted by Gasteiger charge is -2.19. The predicted molar refractivity (Wildman–Crippen MR) is 98.3 cm³/mol. The minimum Gasteiger partial charge on any atom is -0.486 e. The van der Waals surface area contributed by atoms with Gasteiger partial charge in [0, 0.05) is 11.8 Å². The fourth-order valence-electron chi connectivity index (χ4n) is 2.30. The van der Waals surface area contributed by atoms with Crippen LogP contribution in [0.1, 0.15) is 16.6 Å². The molecule has 0 saturated carbocycles. The molecule has 0 radical (unpaired) electrons. The molecule has 0 fully saturated rings. The van der Waals surface area contributed by atoms with E-state index in [0.29, 0.717) is 35.3 Å². The average molecular weight is 390 g/mol. The van der Waals surface area contributed by atoms with Gasteiger partial charge in [-0.15, -0.1) is 11.3 Å². The first-order valence-electron chi connectivity index (χ1n) is 8.24. The molecule has 2 N–H and O–H groups in total. The maximum atomic E-state index is 12.2. The minimum atomic E-state index is -1.02. The number of nitrogens with one attached hydrogen (secondary N) is 2. The normalized spacial score (nSPS) is 13.4. The molecule has 2 aromatic rings. The number of carbonyl (C=O) groups excluding carboxylic acids is 3. The number of fused-ring (bicyclic) bond motifs is 1. The summed E-state index contributed by atoms with van der Waals surface area (Å²) in [6.07, 6.45) is -1.02. The number of benzene rings is 1. The molecule has 1 aliphatic rings. The molecule has 1 aromatic heterocycles. The average Bonchev–Trinajstić information content (AvgIpc) is 3.21. The summed E-state index contributed by atoms with van der Waals surface area (Å²) >= 11 is 1.27. The molecule has 27 heavy (non-hydrogen) atoms. The lowest BCUT2D eigenvalue weighted by atomic mass is 10.2. The monoisotopic (exact) mass is 390 g/mol. The van der Waals surface area contributed by atoms with Gasteiger partial charge < -0.3 is 24.8 Å². The summed E-state index contributed by atoms with van der Waals surface area (Å²) < 4.78 is 15.9. The first-order valence-corrected chi connectivity index (χ1v) is 9.12. The summed E-state index contributed by atoms with van der Waals surface area (Å²) in [6.45, 7) is 2.05. The van der Waals surface area contributed by atoms with Gasteiger partial charge in [-0.3, -0.25) is 14.4 Å². The highest BCUT2D eigenvalue weighted by Gasteiger charge is 2.20. The Morgan fingerprint density at radius 3 is 2.70 bits per heavy atom. The second kappa shape index (κ2) is 8.54. The maximum absolute atomic E-state index is 12.2. The van der Waals surface area contributed by atoms with Crippen molar-refractivity contribution in [3.8, 4) is 11.5 Å². The predicted octanol–water partition coefficient (Wildman–Crippen LogP) is 1.82. The zero-order valence-electron chi connectivity index (χ0n) is 14.5. The Bertz CT molecular complexity index is 836. The molecular weight excluding hydrogens is 372 g/mol. The van der Waals surface area contributed by atoms with Crippen molar-refractivity contribution in [2.45, 2.75) is 13.0 Å². The highest BCUT2D eigenvalue weighted by molar-refractivity contribution is 7.12. The van der Waals surface area contributed by atoms with Gasteiger partial charge in [-0.25, -0.2) is 0 Å². The van der Waals surface area contributed by atoms with Gasteiger partial charge in [0.2, 0.25) is 0 Å². The van der Waals surface area contributed by atoms with Crippen molar-refractivity contribution in [2.75, 3.05) is 25.1 Å². The van der Waals surface area contributed by atoms with E-state index in [2.05, 4.69) is 10.6 Å². The van der Waals surface area contributed by atoms with E-state index in [9.17, 15) is 14.4 Å². The van der Waals surface area contributed by atoms with Crippen molar-refractivity contribution < 1.29 is 28.6 Å². The fourth-order valence-corrected chi connectivity index (χ4v) is 2.94. The topological polar surface area (TPSA) is 103 Å². The van der Waals surface area contributed by atoms with Gasteiger partial charge in [0.1, 0.15) is 19.8 Å². The van der Waals surface area contributed by atoms with Crippen LogP contribution in [0.5, 0.6) is 11.5 Å². The number of hydrogen-bond acceptors (Lipinski definition) is 7. The second-order valence-corrected chi connectivity index (χ2v) is 6.59. The van der Waals surface area contributed by atoms with E-state index in [1.165, 1.54) is 18.3 Å². The zero-order valence-corrected chi connectivity index (χ0v) is 15.3. The highest BCUT2D eigenvalue weighted by Crippen LogP contribution is 2.32. The van der Waals surface area contributed by atoms with E-state index in [1.54, 1.807) is 35.7 Å². The molecule has 3 rings (SSSR count). The molecule has 1 unspecified atom stereocenters. The zero-order chi connectivity index (χ0) is 19.2. The van der Waals surface area contributed by atoms with Crippen molar-refractivity contribution in [3.05, 3.63) is 40.6 Å². The summed E-state index contributed by atoms with van der Waals surface area (Å²) in [5, 5.41) is 6.86. The Hall–Kier alpha value is -3.07. The summed E-state index contributed by atoms with van der Waals surface area (Å²) in [6, 6.07) is 8.39. The molecule has 0 bridgehead atoms. The lowest BCUT2D eigenvalue weighted by molar-refractivity contribution is -0.152. The van der Waals surface area contributed by atoms with Crippen molar-refractivity contribution in [3.63, 3.8) is 0 Å². The minimum absolute atomic E-state index is 0.321. The van der Waals surface area contributed by atoms with Crippen molar-refractivity contribution >= 4 is 34.8 Å². The van der Waals surface area contributed by atoms with Crippen LogP contribution in [0.4, 0.5) is 5.69 Å². The molecule has 9 heteroatoms. The smallest absolute Gasteiger partial charge is 0.326 e. The third kappa shape index (κ3) is 4.98. The van der Waals surface area contributed by atoms with Crippen LogP contribution in [-0.2, 0) is 14.3 Å². The molecule has 2 amide bonds. The van der Waals surface area contributed by atoms with Gasteiger partial charge in [-0.05, 0) is 30.5 Å². The number of amides is 2. The summed E-state index contributed by atoms with van der Waals surface area (Å²) in [5.41, 5.74) is 0.498. The van der Waals surface area contributed by atoms with Crippen LogP contribution in [0, 0.1) is 0 Å². The van der Waals surface area contributed by atoms with Gasteiger partial charge in [0.15, 0.2) is 17.6 Å².